The van der Waals surface area contributed by atoms with Crippen molar-refractivity contribution in [2.75, 3.05) is 6.54 Å². The van der Waals surface area contributed by atoms with Crippen LogP contribution in [0.1, 0.15) is 48.5 Å². The van der Waals surface area contributed by atoms with Crippen molar-refractivity contribution in [1.82, 2.24) is 4.72 Å². The molecule has 0 amide bonds. The Morgan fingerprint density at radius 2 is 2.10 bits per heavy atom. The van der Waals surface area contributed by atoms with Crippen molar-refractivity contribution in [2.24, 2.45) is 5.92 Å². The number of hydrogen-bond donors (Lipinski definition) is 2. The minimum atomic E-state index is -3.65. The van der Waals surface area contributed by atoms with Gasteiger partial charge in [-0.1, -0.05) is 32.3 Å². The summed E-state index contributed by atoms with van der Waals surface area (Å²) in [7, 11) is -3.65. The first-order chi connectivity index (χ1) is 9.94. The molecule has 1 saturated carbocycles. The van der Waals surface area contributed by atoms with Crippen molar-refractivity contribution in [3.8, 4) is 0 Å². The number of aryl methyl sites for hydroxylation is 1. The van der Waals surface area contributed by atoms with Crippen LogP contribution in [-0.4, -0.2) is 26.0 Å². The highest BCUT2D eigenvalue weighted by atomic mass is 32.2. The Morgan fingerprint density at radius 3 is 2.62 bits per heavy atom. The Labute approximate surface area is 125 Å². The SMILES string of the molecule is CCc1ccc(C(=O)O)cc1S(=O)(=O)NCCC1CCC1. The van der Waals surface area contributed by atoms with Crippen LogP contribution in [0.4, 0.5) is 0 Å². The molecule has 1 aliphatic rings. The highest BCUT2D eigenvalue weighted by Crippen LogP contribution is 2.29. The number of carboxylic acid groups (broad SMARTS) is 1. The van der Waals surface area contributed by atoms with Crippen LogP contribution in [0, 0.1) is 5.92 Å². The summed E-state index contributed by atoms with van der Waals surface area (Å²) in [4.78, 5) is 11.1. The lowest BCUT2D eigenvalue weighted by Gasteiger charge is -2.25. The molecule has 0 saturated heterocycles. The van der Waals surface area contributed by atoms with Crippen LogP contribution in [0.3, 0.4) is 0 Å². The van der Waals surface area contributed by atoms with E-state index in [0.29, 0.717) is 24.4 Å². The molecule has 2 N–H and O–H groups in total. The molecule has 1 aromatic carbocycles. The molecule has 1 fully saturated rings. The lowest BCUT2D eigenvalue weighted by molar-refractivity contribution is 0.0696. The Bertz CT molecular complexity index is 621. The van der Waals surface area contributed by atoms with Gasteiger partial charge in [0, 0.05) is 6.54 Å². The van der Waals surface area contributed by atoms with E-state index in [1.807, 2.05) is 6.92 Å². The Hall–Kier alpha value is -1.40. The molecule has 6 heteroatoms. The van der Waals surface area contributed by atoms with Crippen LogP contribution in [0.15, 0.2) is 23.1 Å². The zero-order valence-corrected chi connectivity index (χ0v) is 12.9. The molecule has 2 rings (SSSR count). The number of hydrogen-bond acceptors (Lipinski definition) is 3. The van der Waals surface area contributed by atoms with Gasteiger partial charge in [0.05, 0.1) is 10.5 Å². The van der Waals surface area contributed by atoms with Gasteiger partial charge in [-0.05, 0) is 36.5 Å². The van der Waals surface area contributed by atoms with Gasteiger partial charge in [0.2, 0.25) is 10.0 Å². The second-order valence-corrected chi connectivity index (χ2v) is 7.20. The standard InChI is InChI=1S/C15H21NO4S/c1-2-12-6-7-13(15(17)18)10-14(12)21(19,20)16-9-8-11-4-3-5-11/h6-7,10-11,16H,2-5,8-9H2,1H3,(H,17,18). The number of rotatable bonds is 7. The number of carboxylic acids is 1. The summed E-state index contributed by atoms with van der Waals surface area (Å²) in [5.41, 5.74) is 0.628. The van der Waals surface area contributed by atoms with E-state index in [2.05, 4.69) is 4.72 Å². The fourth-order valence-corrected chi connectivity index (χ4v) is 3.87. The van der Waals surface area contributed by atoms with Crippen molar-refractivity contribution in [3.05, 3.63) is 29.3 Å². The lowest BCUT2D eigenvalue weighted by Crippen LogP contribution is -2.28. The topological polar surface area (TPSA) is 83.5 Å². The van der Waals surface area contributed by atoms with E-state index in [-0.39, 0.29) is 10.5 Å². The average molecular weight is 311 g/mol. The second-order valence-electron chi connectivity index (χ2n) is 5.46. The number of sulfonamides is 1. The molecule has 0 atom stereocenters. The van der Waals surface area contributed by atoms with Gasteiger partial charge in [-0.2, -0.15) is 0 Å². The predicted molar refractivity (Wildman–Crippen MR) is 79.9 cm³/mol. The van der Waals surface area contributed by atoms with Crippen LogP contribution < -0.4 is 4.72 Å². The fraction of sp³-hybridized carbons (Fsp3) is 0.533. The monoisotopic (exact) mass is 311 g/mol. The van der Waals surface area contributed by atoms with Crippen molar-refractivity contribution in [2.45, 2.75) is 43.9 Å². The first-order valence-corrected chi connectivity index (χ1v) is 8.78. The third kappa shape index (κ3) is 3.83. The second kappa shape index (κ2) is 6.58. The van der Waals surface area contributed by atoms with E-state index in [1.165, 1.54) is 31.4 Å². The highest BCUT2D eigenvalue weighted by Gasteiger charge is 2.22. The van der Waals surface area contributed by atoms with Gasteiger partial charge in [-0.25, -0.2) is 17.9 Å². The molecule has 1 aliphatic carbocycles. The van der Waals surface area contributed by atoms with Crippen molar-refractivity contribution in [3.63, 3.8) is 0 Å². The van der Waals surface area contributed by atoms with Crippen molar-refractivity contribution >= 4 is 16.0 Å². The first-order valence-electron chi connectivity index (χ1n) is 7.30. The van der Waals surface area contributed by atoms with Gasteiger partial charge >= 0.3 is 5.97 Å². The quantitative estimate of drug-likeness (QED) is 0.810. The van der Waals surface area contributed by atoms with E-state index >= 15 is 0 Å². The summed E-state index contributed by atoms with van der Waals surface area (Å²) < 4.78 is 27.3. The zero-order chi connectivity index (χ0) is 15.5. The Kier molecular flexibility index (Phi) is 5.00. The van der Waals surface area contributed by atoms with Gasteiger partial charge in [-0.15, -0.1) is 0 Å². The minimum Gasteiger partial charge on any atom is -0.478 e. The molecule has 0 bridgehead atoms. The van der Waals surface area contributed by atoms with Crippen molar-refractivity contribution < 1.29 is 18.3 Å². The molecule has 116 valence electrons. The maximum atomic E-state index is 12.4. The van der Waals surface area contributed by atoms with E-state index < -0.39 is 16.0 Å². The van der Waals surface area contributed by atoms with Crippen LogP contribution in [-0.2, 0) is 16.4 Å². The maximum Gasteiger partial charge on any atom is 0.335 e. The summed E-state index contributed by atoms with van der Waals surface area (Å²) in [6.45, 7) is 2.26. The van der Waals surface area contributed by atoms with Crippen LogP contribution in [0.2, 0.25) is 0 Å². The summed E-state index contributed by atoms with van der Waals surface area (Å²) in [5.74, 6) is -0.493. The average Bonchev–Trinajstić information content (AvgIpc) is 2.40. The van der Waals surface area contributed by atoms with Crippen LogP contribution in [0.5, 0.6) is 0 Å². The molecular weight excluding hydrogens is 290 g/mol. The van der Waals surface area contributed by atoms with Gasteiger partial charge in [0.25, 0.3) is 0 Å². The van der Waals surface area contributed by atoms with Crippen LogP contribution >= 0.6 is 0 Å². The van der Waals surface area contributed by atoms with E-state index in [1.54, 1.807) is 6.07 Å². The molecule has 0 heterocycles. The fourth-order valence-electron chi connectivity index (χ4n) is 2.49. The summed E-state index contributed by atoms with van der Waals surface area (Å²) in [6.07, 6.45) is 4.98. The lowest BCUT2D eigenvalue weighted by atomic mass is 9.83. The van der Waals surface area contributed by atoms with E-state index in [0.717, 1.165) is 6.42 Å². The Balaban J connectivity index is 2.16. The van der Waals surface area contributed by atoms with Gasteiger partial charge in [0.15, 0.2) is 0 Å². The summed E-state index contributed by atoms with van der Waals surface area (Å²) >= 11 is 0. The molecule has 1 aromatic rings. The molecule has 5 nitrogen and oxygen atoms in total. The largest absolute Gasteiger partial charge is 0.478 e. The smallest absolute Gasteiger partial charge is 0.335 e. The zero-order valence-electron chi connectivity index (χ0n) is 12.1. The molecular formula is C15H21NO4S. The van der Waals surface area contributed by atoms with Crippen molar-refractivity contribution in [1.29, 1.82) is 0 Å². The minimum absolute atomic E-state index is 0.00781. The highest BCUT2D eigenvalue weighted by molar-refractivity contribution is 7.89. The van der Waals surface area contributed by atoms with Crippen LogP contribution in [0.25, 0.3) is 0 Å². The number of aromatic carboxylic acids is 1. The first kappa shape index (κ1) is 16.0. The molecule has 0 aliphatic heterocycles. The summed E-state index contributed by atoms with van der Waals surface area (Å²) in [5, 5.41) is 9.01. The molecule has 21 heavy (non-hydrogen) atoms. The molecule has 0 spiro atoms. The van der Waals surface area contributed by atoms with Gasteiger partial charge in [0.1, 0.15) is 0 Å². The van der Waals surface area contributed by atoms with E-state index in [4.69, 9.17) is 5.11 Å². The van der Waals surface area contributed by atoms with Gasteiger partial charge < -0.3 is 5.11 Å². The Morgan fingerprint density at radius 1 is 1.38 bits per heavy atom. The van der Waals surface area contributed by atoms with E-state index in [9.17, 15) is 13.2 Å². The molecule has 0 aromatic heterocycles. The summed E-state index contributed by atoms with van der Waals surface area (Å²) in [6, 6.07) is 4.26. The number of benzene rings is 1. The van der Waals surface area contributed by atoms with Gasteiger partial charge in [-0.3, -0.25) is 0 Å². The molecule has 0 radical (unpaired) electrons. The molecule has 0 unspecified atom stereocenters. The maximum absolute atomic E-state index is 12.4. The third-order valence-corrected chi connectivity index (χ3v) is 5.60. The predicted octanol–water partition coefficient (Wildman–Crippen LogP) is 2.42. The third-order valence-electron chi connectivity index (χ3n) is 4.05. The number of carbonyl (C=O) groups is 1. The normalized spacial score (nSPS) is 15.7. The number of nitrogens with one attached hydrogen (secondary N) is 1.